The molecule has 1 unspecified atom stereocenters. The molecule has 5 rings (SSSR count). The van der Waals surface area contributed by atoms with E-state index in [1.807, 2.05) is 32.8 Å². The fraction of sp³-hybridized carbons (Fsp3) is 0.738. The number of esters is 1. The largest absolute Gasteiger partial charge is 0.457 e. The minimum atomic E-state index is -3.21. The molecule has 14 atom stereocenters. The Morgan fingerprint density at radius 2 is 1.83 bits per heavy atom. The zero-order valence-corrected chi connectivity index (χ0v) is 36.6. The Kier molecular flexibility index (Phi) is 15.0. The van der Waals surface area contributed by atoms with E-state index in [9.17, 15) is 24.6 Å². The number of rotatable bonds is 8. The van der Waals surface area contributed by atoms with Crippen molar-refractivity contribution in [3.05, 3.63) is 23.8 Å². The molecular weight excluding hydrogens is 785 g/mol. The summed E-state index contributed by atoms with van der Waals surface area (Å²) in [4.78, 5) is 53.4. The number of nitrogens with zero attached hydrogens (tertiary/aromatic N) is 3. The summed E-state index contributed by atoms with van der Waals surface area (Å²) in [5, 5.41) is 28.4. The van der Waals surface area contributed by atoms with E-state index < -0.39 is 95.1 Å². The molecule has 336 valence electrons. The number of aromatic nitrogens is 1. The van der Waals surface area contributed by atoms with Crippen LogP contribution in [0.4, 0.5) is 10.2 Å². The maximum Gasteiger partial charge on any atom is 0.351 e. The molecule has 1 aromatic carbocycles. The van der Waals surface area contributed by atoms with E-state index in [2.05, 4.69) is 15.6 Å². The molecule has 5 N–H and O–H groups in total. The maximum absolute atomic E-state index is 16.9. The number of aliphatic hydroxyl groups excluding tert-OH is 1. The summed E-state index contributed by atoms with van der Waals surface area (Å²) in [6, 6.07) is 4.12. The van der Waals surface area contributed by atoms with Crippen LogP contribution in [0.2, 0.25) is 0 Å². The number of Topliss-reactive ketones (excluding diaryl/α,β-unsaturated/α-hetero) is 1. The second kappa shape index (κ2) is 18.9. The number of alkyl halides is 1. The number of benzene rings is 1. The number of nitrogens with two attached hydrogens (primary N) is 1. The Hall–Kier alpha value is -3.46. The highest BCUT2D eigenvalue weighted by atomic mass is 19.1. The smallest absolute Gasteiger partial charge is 0.351 e. The lowest BCUT2D eigenvalue weighted by Gasteiger charge is -2.48. The van der Waals surface area contributed by atoms with E-state index >= 15 is 4.39 Å². The van der Waals surface area contributed by atoms with Crippen LogP contribution in [-0.4, -0.2) is 137 Å². The lowest BCUT2D eigenvalue weighted by atomic mass is 9.73. The molecule has 4 heterocycles. The number of cyclic esters (lactones) is 1. The molecule has 3 fully saturated rings. The Morgan fingerprint density at radius 3 is 2.48 bits per heavy atom. The number of hydrogen-bond donors (Lipinski definition) is 4. The highest BCUT2D eigenvalue weighted by molar-refractivity contribution is 6.08. The van der Waals surface area contributed by atoms with E-state index in [-0.39, 0.29) is 44.6 Å². The molecule has 1 aromatic heterocycles. The predicted molar refractivity (Wildman–Crippen MR) is 217 cm³/mol. The van der Waals surface area contributed by atoms with Gasteiger partial charge < -0.3 is 49.1 Å². The lowest BCUT2D eigenvalue weighted by Crippen LogP contribution is -2.61. The van der Waals surface area contributed by atoms with Gasteiger partial charge in [-0.15, -0.1) is 0 Å². The molecule has 0 radical (unpaired) electrons. The average Bonchev–Trinajstić information content (AvgIpc) is 3.54. The number of hydroxylamine groups is 1. The molecule has 3 aliphatic heterocycles. The first kappa shape index (κ1) is 47.6. The number of aliphatic imine (C=N–C) groups is 1. The summed E-state index contributed by atoms with van der Waals surface area (Å²) in [7, 11) is 3.64. The van der Waals surface area contributed by atoms with Crippen molar-refractivity contribution in [2.45, 2.75) is 154 Å². The Balaban J connectivity index is 1.65. The number of likely N-dealkylation sites (N-methyl/N-ethyl adjacent to an activating group) is 1. The zero-order chi connectivity index (χ0) is 44.5. The first-order valence-corrected chi connectivity index (χ1v) is 20.7. The highest BCUT2D eigenvalue weighted by Crippen LogP contribution is 2.41. The van der Waals surface area contributed by atoms with Crippen LogP contribution in [0.1, 0.15) is 87.1 Å². The number of fused-ring (bicyclic) bond motifs is 6. The maximum atomic E-state index is 16.9. The number of aliphatic hydroxyl groups is 2. The summed E-state index contributed by atoms with van der Waals surface area (Å²) in [6.07, 6.45) is -6.38. The van der Waals surface area contributed by atoms with Crippen molar-refractivity contribution >= 4 is 40.2 Å². The Labute approximate surface area is 350 Å². The summed E-state index contributed by atoms with van der Waals surface area (Å²) < 4.78 is 54.1. The van der Waals surface area contributed by atoms with Gasteiger partial charge >= 0.3 is 5.97 Å². The third-order valence-electron chi connectivity index (χ3n) is 12.3. The second-order valence-corrected chi connectivity index (χ2v) is 17.6. The molecule has 0 spiro atoms. The quantitative estimate of drug-likeness (QED) is 0.170. The second-order valence-electron chi connectivity index (χ2n) is 17.6. The van der Waals surface area contributed by atoms with Gasteiger partial charge in [0.1, 0.15) is 17.8 Å². The first-order valence-electron chi connectivity index (χ1n) is 20.7. The van der Waals surface area contributed by atoms with Crippen LogP contribution in [0.15, 0.2) is 27.7 Å². The van der Waals surface area contributed by atoms with Gasteiger partial charge in [-0.25, -0.2) is 14.2 Å². The third kappa shape index (κ3) is 10.1. The average molecular weight is 850 g/mol. The number of ether oxygens (including phenoxy) is 5. The van der Waals surface area contributed by atoms with Gasteiger partial charge in [0.25, 0.3) is 5.67 Å². The molecule has 2 aromatic rings. The number of nitrogen functional groups attached to an aromatic ring is 1. The predicted octanol–water partition coefficient (Wildman–Crippen LogP) is 3.45. The van der Waals surface area contributed by atoms with Crippen LogP contribution in [-0.2, 0) is 49.5 Å². The standard InChI is InChI=1S/C42H64FN5O12/c1-12-31-42(9,53)36-23(4)32(45-25(6)49)21(2)17-40(7,55-20-27(19-54-36)46-56-18-26-13-14-30-28(16-26)37(44)47-60-30)35(24(5)34(51)41(8,43)39(52)58-31)59-38-33(50)29(48(10)11)15-22(3)57-38/h13-14,16,21-24,27,29,31,33,35-36,38,46,50,53H,12,15,17-20H2,1-11H3,(H2,44,47)/t21-,22-,23+,24+,27?,29+,31-,33-,35-,36-,38-,40-,41+,42-/m1/s1. The van der Waals surface area contributed by atoms with Crippen molar-refractivity contribution < 1.29 is 62.0 Å². The summed E-state index contributed by atoms with van der Waals surface area (Å²) in [5.41, 5.74) is 3.80. The molecular formula is C42H64FN5O12. The number of carbonyl (C=O) groups is 3. The van der Waals surface area contributed by atoms with E-state index in [0.29, 0.717) is 23.1 Å². The van der Waals surface area contributed by atoms with Crippen molar-refractivity contribution in [3.63, 3.8) is 0 Å². The molecule has 17 nitrogen and oxygen atoms in total. The summed E-state index contributed by atoms with van der Waals surface area (Å²) >= 11 is 0. The van der Waals surface area contributed by atoms with E-state index in [1.54, 1.807) is 39.0 Å². The number of anilines is 1. The molecule has 60 heavy (non-hydrogen) atoms. The van der Waals surface area contributed by atoms with E-state index in [0.717, 1.165) is 12.5 Å². The molecule has 2 bridgehead atoms. The van der Waals surface area contributed by atoms with Crippen molar-refractivity contribution in [3.8, 4) is 0 Å². The number of amides is 1. The summed E-state index contributed by atoms with van der Waals surface area (Å²) in [5.74, 6) is -5.81. The zero-order valence-electron chi connectivity index (χ0n) is 36.6. The number of hydrogen-bond acceptors (Lipinski definition) is 16. The SMILES string of the molecule is CC[C@H]1OC(=O)[C@@](C)(F)C(=O)[C@H](C)[C@@H](O[C@H]2O[C@H](C)C[C@H](N(C)C)[C@H]2O)[C@@]2(C)C[C@@H](C)C(=NC(C)=O)[C@H](C)[C@@H](OCC(NOCc3ccc4onc(N)c4c3)CO2)[C@]1(C)O. The third-order valence-corrected chi connectivity index (χ3v) is 12.3. The van der Waals surface area contributed by atoms with Gasteiger partial charge in [-0.1, -0.05) is 38.9 Å². The topological polar surface area (TPSA) is 227 Å². The van der Waals surface area contributed by atoms with Gasteiger partial charge in [-0.2, -0.15) is 5.48 Å². The minimum absolute atomic E-state index is 0.000758. The van der Waals surface area contributed by atoms with Crippen LogP contribution in [0.5, 0.6) is 0 Å². The number of carbonyl (C=O) groups excluding carboxylic acids is 3. The monoisotopic (exact) mass is 849 g/mol. The van der Waals surface area contributed by atoms with E-state index in [4.69, 9.17) is 38.8 Å². The van der Waals surface area contributed by atoms with Gasteiger partial charge in [-0.3, -0.25) is 14.4 Å². The number of halogens is 1. The van der Waals surface area contributed by atoms with E-state index in [1.165, 1.54) is 20.8 Å². The molecule has 0 saturated carbocycles. The van der Waals surface area contributed by atoms with Crippen molar-refractivity contribution in [1.82, 2.24) is 15.5 Å². The van der Waals surface area contributed by atoms with Gasteiger partial charge in [0.2, 0.25) is 5.91 Å². The lowest BCUT2D eigenvalue weighted by molar-refractivity contribution is -0.298. The number of ketones is 1. The Bertz CT molecular complexity index is 1870. The van der Waals surface area contributed by atoms with Gasteiger partial charge in [0.15, 0.2) is 23.5 Å². The van der Waals surface area contributed by atoms with Crippen molar-refractivity contribution in [2.75, 3.05) is 33.0 Å². The molecule has 3 saturated heterocycles. The fourth-order valence-corrected chi connectivity index (χ4v) is 9.05. The fourth-order valence-electron chi connectivity index (χ4n) is 9.05. The van der Waals surface area contributed by atoms with Crippen molar-refractivity contribution in [2.24, 2.45) is 22.7 Å². The highest BCUT2D eigenvalue weighted by Gasteiger charge is 2.57. The molecule has 3 aliphatic rings. The minimum Gasteiger partial charge on any atom is -0.457 e. The van der Waals surface area contributed by atoms with Crippen LogP contribution in [0, 0.1) is 17.8 Å². The van der Waals surface area contributed by atoms with Crippen LogP contribution < -0.4 is 11.2 Å². The molecule has 1 amide bonds. The van der Waals surface area contributed by atoms with Crippen LogP contribution in [0.25, 0.3) is 11.0 Å². The van der Waals surface area contributed by atoms with Crippen LogP contribution in [0.3, 0.4) is 0 Å². The Morgan fingerprint density at radius 1 is 1.13 bits per heavy atom. The van der Waals surface area contributed by atoms with Crippen LogP contribution >= 0.6 is 0 Å². The number of nitrogens with one attached hydrogen (secondary N) is 1. The first-order chi connectivity index (χ1) is 28.0. The van der Waals surface area contributed by atoms with Gasteiger partial charge in [0.05, 0.1) is 55.2 Å². The van der Waals surface area contributed by atoms with Crippen molar-refractivity contribution in [1.29, 1.82) is 0 Å². The summed E-state index contributed by atoms with van der Waals surface area (Å²) in [6.45, 7) is 13.4. The van der Waals surface area contributed by atoms with Gasteiger partial charge in [0, 0.05) is 30.5 Å². The molecule has 18 heteroatoms. The van der Waals surface area contributed by atoms with Gasteiger partial charge in [-0.05, 0) is 84.7 Å². The molecule has 0 aliphatic carbocycles. The normalized spacial score (nSPS) is 39.6.